The van der Waals surface area contributed by atoms with Crippen LogP contribution in [-0.2, 0) is 4.79 Å². The molecule has 2 aromatic rings. The summed E-state index contributed by atoms with van der Waals surface area (Å²) in [6.45, 7) is 0.426. The minimum atomic E-state index is -0.142. The fourth-order valence-corrected chi connectivity index (χ4v) is 2.54. The van der Waals surface area contributed by atoms with Crippen LogP contribution in [0.5, 0.6) is 5.75 Å². The Morgan fingerprint density at radius 1 is 1.13 bits per heavy atom. The van der Waals surface area contributed by atoms with Crippen LogP contribution >= 0.6 is 34.8 Å². The van der Waals surface area contributed by atoms with Gasteiger partial charge in [-0.2, -0.15) is 0 Å². The van der Waals surface area contributed by atoms with Crippen LogP contribution in [0.4, 0.5) is 11.4 Å². The number of methoxy groups -OCH3 is 1. The van der Waals surface area contributed by atoms with Gasteiger partial charge in [-0.1, -0.05) is 40.9 Å². The number of hydrogen-bond donors (Lipinski definition) is 2. The minimum Gasteiger partial charge on any atom is -0.495 e. The maximum absolute atomic E-state index is 11.9. The first kappa shape index (κ1) is 17.7. The molecule has 0 saturated heterocycles. The van der Waals surface area contributed by atoms with Crippen LogP contribution in [0.15, 0.2) is 36.4 Å². The lowest BCUT2D eigenvalue weighted by Gasteiger charge is -2.10. The van der Waals surface area contributed by atoms with Crippen molar-refractivity contribution in [1.82, 2.24) is 0 Å². The van der Waals surface area contributed by atoms with Gasteiger partial charge in [0.05, 0.1) is 27.9 Å². The first-order valence-corrected chi connectivity index (χ1v) is 7.96. The van der Waals surface area contributed by atoms with E-state index in [0.717, 1.165) is 0 Å². The number of halogens is 3. The molecular formula is C16H15Cl3N2O2. The van der Waals surface area contributed by atoms with Crippen molar-refractivity contribution in [3.8, 4) is 5.75 Å². The smallest absolute Gasteiger partial charge is 0.226 e. The van der Waals surface area contributed by atoms with E-state index in [1.54, 1.807) is 36.4 Å². The molecule has 4 nitrogen and oxygen atoms in total. The predicted octanol–water partition coefficient (Wildman–Crippen LogP) is 5.10. The van der Waals surface area contributed by atoms with Crippen molar-refractivity contribution < 1.29 is 9.53 Å². The number of rotatable bonds is 6. The van der Waals surface area contributed by atoms with E-state index in [9.17, 15) is 4.79 Å². The summed E-state index contributed by atoms with van der Waals surface area (Å²) in [6.07, 6.45) is 0.270. The molecule has 0 bridgehead atoms. The second kappa shape index (κ2) is 8.29. The average Bonchev–Trinajstić information content (AvgIpc) is 2.51. The molecule has 122 valence electrons. The molecule has 0 fully saturated rings. The van der Waals surface area contributed by atoms with Gasteiger partial charge in [-0.25, -0.2) is 0 Å². The van der Waals surface area contributed by atoms with E-state index in [0.29, 0.717) is 38.7 Å². The molecule has 0 spiro atoms. The molecule has 23 heavy (non-hydrogen) atoms. The highest BCUT2D eigenvalue weighted by Gasteiger charge is 2.07. The summed E-state index contributed by atoms with van der Waals surface area (Å²) in [7, 11) is 1.53. The standard InChI is InChI=1S/C16H15Cl3N2O2/c1-23-14-6-5-10(9-12(14)18)21-15(22)7-8-20-13-4-2-3-11(17)16(13)19/h2-6,9,20H,7-8H2,1H3,(H,21,22). The second-order valence-electron chi connectivity index (χ2n) is 4.68. The summed E-state index contributed by atoms with van der Waals surface area (Å²) in [5.74, 6) is 0.416. The summed E-state index contributed by atoms with van der Waals surface area (Å²) in [4.78, 5) is 11.9. The van der Waals surface area contributed by atoms with Gasteiger partial charge in [0.2, 0.25) is 5.91 Å². The quantitative estimate of drug-likeness (QED) is 0.741. The van der Waals surface area contributed by atoms with Gasteiger partial charge in [-0.3, -0.25) is 4.79 Å². The SMILES string of the molecule is COc1ccc(NC(=O)CCNc2cccc(Cl)c2Cl)cc1Cl. The topological polar surface area (TPSA) is 50.4 Å². The lowest BCUT2D eigenvalue weighted by molar-refractivity contribution is -0.115. The van der Waals surface area contributed by atoms with E-state index in [1.807, 2.05) is 0 Å². The number of amides is 1. The summed E-state index contributed by atoms with van der Waals surface area (Å²) >= 11 is 18.0. The Kier molecular flexibility index (Phi) is 6.39. The van der Waals surface area contributed by atoms with Crippen molar-refractivity contribution in [3.05, 3.63) is 51.5 Å². The highest BCUT2D eigenvalue weighted by atomic mass is 35.5. The van der Waals surface area contributed by atoms with Crippen LogP contribution in [0, 0.1) is 0 Å². The molecule has 0 atom stereocenters. The lowest BCUT2D eigenvalue weighted by Crippen LogP contribution is -2.16. The van der Waals surface area contributed by atoms with Gasteiger partial charge in [0.15, 0.2) is 0 Å². The van der Waals surface area contributed by atoms with Gasteiger partial charge >= 0.3 is 0 Å². The molecule has 7 heteroatoms. The number of ether oxygens (including phenoxy) is 1. The van der Waals surface area contributed by atoms with Crippen molar-refractivity contribution in [3.63, 3.8) is 0 Å². The lowest BCUT2D eigenvalue weighted by atomic mass is 10.2. The summed E-state index contributed by atoms with van der Waals surface area (Å²) in [5.41, 5.74) is 1.31. The Bertz CT molecular complexity index is 708. The summed E-state index contributed by atoms with van der Waals surface area (Å²) in [6, 6.07) is 10.4. The van der Waals surface area contributed by atoms with Gasteiger partial charge < -0.3 is 15.4 Å². The van der Waals surface area contributed by atoms with Crippen LogP contribution in [0.25, 0.3) is 0 Å². The van der Waals surface area contributed by atoms with Crippen LogP contribution in [0.3, 0.4) is 0 Å². The third-order valence-corrected chi connectivity index (χ3v) is 4.17. The molecular weight excluding hydrogens is 359 g/mol. The Morgan fingerprint density at radius 2 is 1.91 bits per heavy atom. The van der Waals surface area contributed by atoms with E-state index in [4.69, 9.17) is 39.5 Å². The van der Waals surface area contributed by atoms with E-state index in [2.05, 4.69) is 10.6 Å². The van der Waals surface area contributed by atoms with Crippen LogP contribution in [0.2, 0.25) is 15.1 Å². The van der Waals surface area contributed by atoms with E-state index < -0.39 is 0 Å². The van der Waals surface area contributed by atoms with Crippen molar-refractivity contribution >= 4 is 52.1 Å². The number of benzene rings is 2. The van der Waals surface area contributed by atoms with Gasteiger partial charge in [0.25, 0.3) is 0 Å². The Labute approximate surface area is 149 Å². The largest absolute Gasteiger partial charge is 0.495 e. The predicted molar refractivity (Wildman–Crippen MR) is 96.2 cm³/mol. The summed E-state index contributed by atoms with van der Waals surface area (Å²) < 4.78 is 5.06. The number of carbonyl (C=O) groups excluding carboxylic acids is 1. The van der Waals surface area contributed by atoms with Crippen molar-refractivity contribution in [2.45, 2.75) is 6.42 Å². The first-order chi connectivity index (χ1) is 11.0. The molecule has 2 rings (SSSR count). The maximum Gasteiger partial charge on any atom is 0.226 e. The number of anilines is 2. The zero-order chi connectivity index (χ0) is 16.8. The highest BCUT2D eigenvalue weighted by Crippen LogP contribution is 2.29. The molecule has 0 aromatic heterocycles. The number of carbonyl (C=O) groups is 1. The summed E-state index contributed by atoms with van der Waals surface area (Å²) in [5, 5.41) is 7.19. The molecule has 0 radical (unpaired) electrons. The van der Waals surface area contributed by atoms with Gasteiger partial charge in [0.1, 0.15) is 5.75 Å². The number of nitrogens with one attached hydrogen (secondary N) is 2. The van der Waals surface area contributed by atoms with Gasteiger partial charge in [0, 0.05) is 18.7 Å². The molecule has 1 amide bonds. The minimum absolute atomic E-state index is 0.142. The Morgan fingerprint density at radius 3 is 2.61 bits per heavy atom. The highest BCUT2D eigenvalue weighted by molar-refractivity contribution is 6.43. The van der Waals surface area contributed by atoms with Crippen LogP contribution in [-0.4, -0.2) is 19.6 Å². The fourth-order valence-electron chi connectivity index (χ4n) is 1.92. The Hall–Kier alpha value is -1.62. The van der Waals surface area contributed by atoms with Gasteiger partial charge in [-0.15, -0.1) is 0 Å². The molecule has 2 aromatic carbocycles. The molecule has 2 N–H and O–H groups in total. The average molecular weight is 374 g/mol. The number of hydrogen-bond acceptors (Lipinski definition) is 3. The molecule has 0 unspecified atom stereocenters. The van der Waals surface area contributed by atoms with Crippen LogP contribution < -0.4 is 15.4 Å². The second-order valence-corrected chi connectivity index (χ2v) is 5.87. The first-order valence-electron chi connectivity index (χ1n) is 6.82. The van der Waals surface area contributed by atoms with Gasteiger partial charge in [-0.05, 0) is 30.3 Å². The van der Waals surface area contributed by atoms with Crippen molar-refractivity contribution in [2.24, 2.45) is 0 Å². The molecule has 0 saturated carbocycles. The van der Waals surface area contributed by atoms with Crippen molar-refractivity contribution in [1.29, 1.82) is 0 Å². The third-order valence-electron chi connectivity index (χ3n) is 3.05. The zero-order valence-electron chi connectivity index (χ0n) is 12.3. The zero-order valence-corrected chi connectivity index (χ0v) is 14.6. The normalized spacial score (nSPS) is 10.3. The van der Waals surface area contributed by atoms with E-state index in [1.165, 1.54) is 7.11 Å². The Balaban J connectivity index is 1.86. The molecule has 0 aliphatic rings. The molecule has 0 aliphatic carbocycles. The monoisotopic (exact) mass is 372 g/mol. The van der Waals surface area contributed by atoms with Crippen LogP contribution in [0.1, 0.15) is 6.42 Å². The van der Waals surface area contributed by atoms with Crippen molar-refractivity contribution in [2.75, 3.05) is 24.3 Å². The molecule has 0 heterocycles. The van der Waals surface area contributed by atoms with E-state index >= 15 is 0 Å². The van der Waals surface area contributed by atoms with E-state index in [-0.39, 0.29) is 12.3 Å². The molecule has 0 aliphatic heterocycles. The maximum atomic E-state index is 11.9. The fraction of sp³-hybridized carbons (Fsp3) is 0.188. The third kappa shape index (κ3) is 4.93.